The number of thiazole rings is 1. The van der Waals surface area contributed by atoms with E-state index in [1.807, 2.05) is 15.8 Å². The van der Waals surface area contributed by atoms with Crippen molar-refractivity contribution in [2.24, 2.45) is 5.92 Å². The molecule has 0 aliphatic carbocycles. The molecule has 4 rings (SSSR count). The van der Waals surface area contributed by atoms with Gasteiger partial charge in [0.2, 0.25) is 0 Å². The van der Waals surface area contributed by atoms with Crippen molar-refractivity contribution in [2.75, 3.05) is 13.1 Å². The molecule has 3 aromatic rings. The van der Waals surface area contributed by atoms with Gasteiger partial charge in [-0.3, -0.25) is 19.4 Å². The van der Waals surface area contributed by atoms with Gasteiger partial charge in [0.25, 0.3) is 5.91 Å². The highest BCUT2D eigenvalue weighted by atomic mass is 32.1. The summed E-state index contributed by atoms with van der Waals surface area (Å²) < 4.78 is 1.83. The Bertz CT molecular complexity index is 833. The van der Waals surface area contributed by atoms with Gasteiger partial charge in [-0.05, 0) is 18.8 Å². The van der Waals surface area contributed by atoms with Gasteiger partial charge in [-0.2, -0.15) is 0 Å². The third-order valence-corrected chi connectivity index (χ3v) is 5.09. The van der Waals surface area contributed by atoms with E-state index in [-0.39, 0.29) is 5.91 Å². The predicted octanol–water partition coefficient (Wildman–Crippen LogP) is 1.74. The van der Waals surface area contributed by atoms with E-state index < -0.39 is 0 Å². The van der Waals surface area contributed by atoms with Crippen LogP contribution in [-0.4, -0.2) is 53.8 Å². The first-order valence-electron chi connectivity index (χ1n) is 8.15. The van der Waals surface area contributed by atoms with Crippen molar-refractivity contribution < 1.29 is 4.79 Å². The molecule has 1 fully saturated rings. The van der Waals surface area contributed by atoms with Crippen LogP contribution < -0.4 is 0 Å². The molecule has 25 heavy (non-hydrogen) atoms. The average Bonchev–Trinajstić information content (AvgIpc) is 3.34. The monoisotopic (exact) mass is 355 g/mol. The molecule has 3 aromatic heterocycles. The zero-order chi connectivity index (χ0) is 17.1. The molecule has 0 radical (unpaired) electrons. The Balaban J connectivity index is 1.44. The quantitative estimate of drug-likeness (QED) is 0.708. The lowest BCUT2D eigenvalue weighted by atomic mass is 9.98. The normalized spacial score (nSPS) is 17.6. The van der Waals surface area contributed by atoms with Gasteiger partial charge in [-0.15, -0.1) is 16.4 Å². The van der Waals surface area contributed by atoms with Crippen molar-refractivity contribution >= 4 is 17.2 Å². The molecule has 0 saturated carbocycles. The van der Waals surface area contributed by atoms with Gasteiger partial charge in [-0.25, -0.2) is 4.98 Å². The summed E-state index contributed by atoms with van der Waals surface area (Å²) in [6, 6.07) is 0. The molecule has 0 aromatic carbocycles. The molecule has 1 aliphatic heterocycles. The van der Waals surface area contributed by atoms with Gasteiger partial charge < -0.3 is 4.90 Å². The lowest BCUT2D eigenvalue weighted by Gasteiger charge is -2.32. The molecule has 1 atom stereocenters. The molecule has 1 aliphatic rings. The first kappa shape index (κ1) is 15.8. The van der Waals surface area contributed by atoms with Crippen molar-refractivity contribution in [1.82, 2.24) is 34.8 Å². The summed E-state index contributed by atoms with van der Waals surface area (Å²) >= 11 is 1.42. The zero-order valence-electron chi connectivity index (χ0n) is 13.5. The first-order valence-corrected chi connectivity index (χ1v) is 9.03. The van der Waals surface area contributed by atoms with Crippen LogP contribution >= 0.6 is 11.3 Å². The Kier molecular flexibility index (Phi) is 4.47. The van der Waals surface area contributed by atoms with Gasteiger partial charge in [0.15, 0.2) is 0 Å². The number of carbonyl (C=O) groups excluding carboxylic acids is 1. The SMILES string of the molecule is O=C(c1csc(-c2cnccn2)n1)N1CCCC(Cn2ccnn2)C1. The van der Waals surface area contributed by atoms with Crippen LogP contribution in [0.4, 0.5) is 0 Å². The molecule has 4 heterocycles. The number of likely N-dealkylation sites (tertiary alicyclic amines) is 1. The number of rotatable bonds is 4. The van der Waals surface area contributed by atoms with Crippen molar-refractivity contribution in [3.8, 4) is 10.7 Å². The Morgan fingerprint density at radius 1 is 1.32 bits per heavy atom. The summed E-state index contributed by atoms with van der Waals surface area (Å²) in [6.45, 7) is 2.27. The number of amides is 1. The van der Waals surface area contributed by atoms with E-state index in [0.29, 0.717) is 22.3 Å². The third kappa shape index (κ3) is 3.55. The van der Waals surface area contributed by atoms with E-state index in [0.717, 1.165) is 32.5 Å². The predicted molar refractivity (Wildman–Crippen MR) is 91.8 cm³/mol. The Hall–Kier alpha value is -2.68. The number of piperidine rings is 1. The minimum absolute atomic E-state index is 0.0188. The van der Waals surface area contributed by atoms with E-state index >= 15 is 0 Å². The summed E-state index contributed by atoms with van der Waals surface area (Å²) in [5.74, 6) is 0.368. The molecule has 0 spiro atoms. The van der Waals surface area contributed by atoms with Crippen LogP contribution in [-0.2, 0) is 6.54 Å². The van der Waals surface area contributed by atoms with E-state index in [1.165, 1.54) is 11.3 Å². The highest BCUT2D eigenvalue weighted by molar-refractivity contribution is 7.13. The minimum atomic E-state index is -0.0188. The van der Waals surface area contributed by atoms with Crippen molar-refractivity contribution in [3.05, 3.63) is 42.1 Å². The molecule has 1 saturated heterocycles. The van der Waals surface area contributed by atoms with Gasteiger partial charge in [-0.1, -0.05) is 5.21 Å². The second kappa shape index (κ2) is 7.06. The standard InChI is InChI=1S/C16H17N7OS/c24-16(14-11-25-15(20-14)13-8-17-3-4-18-13)22-6-1-2-12(9-22)10-23-7-5-19-21-23/h3-5,7-8,11-12H,1-2,6,9-10H2. The molecule has 0 N–H and O–H groups in total. The maximum Gasteiger partial charge on any atom is 0.273 e. The molecule has 9 heteroatoms. The van der Waals surface area contributed by atoms with Crippen LogP contribution in [0.15, 0.2) is 36.4 Å². The largest absolute Gasteiger partial charge is 0.337 e. The fourth-order valence-electron chi connectivity index (χ4n) is 3.05. The van der Waals surface area contributed by atoms with E-state index in [9.17, 15) is 4.79 Å². The van der Waals surface area contributed by atoms with Gasteiger partial charge in [0.05, 0.1) is 12.4 Å². The lowest BCUT2D eigenvalue weighted by molar-refractivity contribution is 0.0654. The number of hydrogen-bond donors (Lipinski definition) is 0. The fourth-order valence-corrected chi connectivity index (χ4v) is 3.81. The van der Waals surface area contributed by atoms with E-state index in [2.05, 4.69) is 25.3 Å². The highest BCUT2D eigenvalue weighted by Crippen LogP contribution is 2.24. The van der Waals surface area contributed by atoms with Crippen molar-refractivity contribution in [3.63, 3.8) is 0 Å². The van der Waals surface area contributed by atoms with Gasteiger partial charge in [0.1, 0.15) is 16.4 Å². The molecular weight excluding hydrogens is 338 g/mol. The van der Waals surface area contributed by atoms with Crippen molar-refractivity contribution in [1.29, 1.82) is 0 Å². The fraction of sp³-hybridized carbons (Fsp3) is 0.375. The Morgan fingerprint density at radius 2 is 2.28 bits per heavy atom. The topological polar surface area (TPSA) is 89.7 Å². The Morgan fingerprint density at radius 3 is 3.08 bits per heavy atom. The highest BCUT2D eigenvalue weighted by Gasteiger charge is 2.26. The van der Waals surface area contributed by atoms with Gasteiger partial charge in [0, 0.05) is 43.6 Å². The van der Waals surface area contributed by atoms with Crippen molar-refractivity contribution in [2.45, 2.75) is 19.4 Å². The maximum absolute atomic E-state index is 12.8. The molecular formula is C16H17N7OS. The summed E-state index contributed by atoms with van der Waals surface area (Å²) in [7, 11) is 0. The summed E-state index contributed by atoms with van der Waals surface area (Å²) in [5.41, 5.74) is 1.17. The summed E-state index contributed by atoms with van der Waals surface area (Å²) in [6.07, 6.45) is 10.5. The zero-order valence-corrected chi connectivity index (χ0v) is 14.3. The van der Waals surface area contributed by atoms with Crippen LogP contribution in [0.3, 0.4) is 0 Å². The molecule has 8 nitrogen and oxygen atoms in total. The first-order chi connectivity index (χ1) is 12.3. The van der Waals surface area contributed by atoms with Crippen LogP contribution in [0.25, 0.3) is 10.7 Å². The van der Waals surface area contributed by atoms with Crippen LogP contribution in [0.2, 0.25) is 0 Å². The summed E-state index contributed by atoms with van der Waals surface area (Å²) in [4.78, 5) is 27.4. The average molecular weight is 355 g/mol. The second-order valence-corrected chi connectivity index (χ2v) is 6.87. The number of nitrogens with zero attached hydrogens (tertiary/aromatic N) is 7. The van der Waals surface area contributed by atoms with Crippen LogP contribution in [0, 0.1) is 5.92 Å². The van der Waals surface area contributed by atoms with E-state index in [4.69, 9.17) is 0 Å². The Labute approximate surface area is 148 Å². The second-order valence-electron chi connectivity index (χ2n) is 6.01. The maximum atomic E-state index is 12.8. The lowest BCUT2D eigenvalue weighted by Crippen LogP contribution is -2.41. The smallest absolute Gasteiger partial charge is 0.273 e. The molecule has 1 unspecified atom stereocenters. The third-order valence-electron chi connectivity index (χ3n) is 4.23. The van der Waals surface area contributed by atoms with Crippen LogP contribution in [0.5, 0.6) is 0 Å². The molecule has 1 amide bonds. The number of aromatic nitrogens is 6. The molecule has 0 bridgehead atoms. The van der Waals surface area contributed by atoms with Crippen LogP contribution in [0.1, 0.15) is 23.3 Å². The number of hydrogen-bond acceptors (Lipinski definition) is 7. The van der Waals surface area contributed by atoms with Gasteiger partial charge >= 0.3 is 0 Å². The number of carbonyl (C=O) groups is 1. The summed E-state index contributed by atoms with van der Waals surface area (Å²) in [5, 5.41) is 10.4. The minimum Gasteiger partial charge on any atom is -0.337 e. The van der Waals surface area contributed by atoms with E-state index in [1.54, 1.807) is 30.2 Å². The molecule has 128 valence electrons.